The molecule has 0 radical (unpaired) electrons. The van der Waals surface area contributed by atoms with E-state index in [4.69, 9.17) is 5.21 Å². The first-order valence-corrected chi connectivity index (χ1v) is 4.35. The molecule has 3 heteroatoms. The molecule has 0 atom stereocenters. The Bertz CT molecular complexity index is 134. The van der Waals surface area contributed by atoms with E-state index in [1.54, 1.807) is 5.48 Å². The van der Waals surface area contributed by atoms with E-state index in [0.717, 1.165) is 32.1 Å². The van der Waals surface area contributed by atoms with Crippen LogP contribution in [0.25, 0.3) is 0 Å². The van der Waals surface area contributed by atoms with E-state index in [-0.39, 0.29) is 5.91 Å². The lowest BCUT2D eigenvalue weighted by atomic mass is 10.1. The number of hydrogen-bond donors (Lipinski definition) is 2. The Hall–Kier alpha value is -0.830. The highest BCUT2D eigenvalue weighted by atomic mass is 16.5. The summed E-state index contributed by atoms with van der Waals surface area (Å²) in [6.07, 6.45) is 7.54. The standard InChI is InChI=1S/C9H17NO2/c1-2-3-4-5-6-7-8-9(11)10-12/h2,12H,1,3-8H2,(H,10,11). The largest absolute Gasteiger partial charge is 0.289 e. The van der Waals surface area contributed by atoms with Crippen LogP contribution in [0.4, 0.5) is 0 Å². The van der Waals surface area contributed by atoms with Gasteiger partial charge < -0.3 is 0 Å². The van der Waals surface area contributed by atoms with Gasteiger partial charge in [-0.25, -0.2) is 5.48 Å². The minimum Gasteiger partial charge on any atom is -0.289 e. The topological polar surface area (TPSA) is 49.3 Å². The van der Waals surface area contributed by atoms with Crippen LogP contribution in [-0.2, 0) is 4.79 Å². The van der Waals surface area contributed by atoms with Gasteiger partial charge >= 0.3 is 0 Å². The van der Waals surface area contributed by atoms with Crippen molar-refractivity contribution in [2.75, 3.05) is 0 Å². The zero-order valence-corrected chi connectivity index (χ0v) is 7.38. The maximum atomic E-state index is 10.5. The van der Waals surface area contributed by atoms with Crippen LogP contribution in [0.15, 0.2) is 12.7 Å². The first-order chi connectivity index (χ1) is 5.81. The normalized spacial score (nSPS) is 9.42. The van der Waals surface area contributed by atoms with Crippen molar-refractivity contribution in [2.24, 2.45) is 0 Å². The highest BCUT2D eigenvalue weighted by molar-refractivity contribution is 5.74. The third-order valence-electron chi connectivity index (χ3n) is 1.69. The molecule has 0 fully saturated rings. The van der Waals surface area contributed by atoms with E-state index in [1.165, 1.54) is 0 Å². The van der Waals surface area contributed by atoms with E-state index in [9.17, 15) is 4.79 Å². The van der Waals surface area contributed by atoms with Crippen LogP contribution in [0.5, 0.6) is 0 Å². The molecule has 70 valence electrons. The molecular formula is C9H17NO2. The number of hydrogen-bond acceptors (Lipinski definition) is 2. The van der Waals surface area contributed by atoms with Crippen LogP contribution in [-0.4, -0.2) is 11.1 Å². The summed E-state index contributed by atoms with van der Waals surface area (Å²) in [4.78, 5) is 10.5. The molecule has 0 rings (SSSR count). The highest BCUT2D eigenvalue weighted by Gasteiger charge is 1.97. The second-order valence-electron chi connectivity index (χ2n) is 2.78. The molecule has 2 N–H and O–H groups in total. The SMILES string of the molecule is C=CCCCCCCC(=O)NO. The van der Waals surface area contributed by atoms with Crippen molar-refractivity contribution in [2.45, 2.75) is 38.5 Å². The fourth-order valence-corrected chi connectivity index (χ4v) is 0.984. The number of rotatable bonds is 7. The molecule has 0 aromatic rings. The first-order valence-electron chi connectivity index (χ1n) is 4.35. The third-order valence-corrected chi connectivity index (χ3v) is 1.69. The molecule has 12 heavy (non-hydrogen) atoms. The predicted octanol–water partition coefficient (Wildman–Crippen LogP) is 2.02. The lowest BCUT2D eigenvalue weighted by Gasteiger charge is -1.98. The Morgan fingerprint density at radius 3 is 2.58 bits per heavy atom. The predicted molar refractivity (Wildman–Crippen MR) is 47.8 cm³/mol. The summed E-state index contributed by atoms with van der Waals surface area (Å²) in [6.45, 7) is 3.62. The summed E-state index contributed by atoms with van der Waals surface area (Å²) >= 11 is 0. The summed E-state index contributed by atoms with van der Waals surface area (Å²) < 4.78 is 0. The van der Waals surface area contributed by atoms with Crippen molar-refractivity contribution >= 4 is 5.91 Å². The summed E-state index contributed by atoms with van der Waals surface area (Å²) in [6, 6.07) is 0. The van der Waals surface area contributed by atoms with Crippen molar-refractivity contribution in [3.05, 3.63) is 12.7 Å². The number of hydroxylamine groups is 1. The molecule has 0 heterocycles. The molecule has 0 aliphatic carbocycles. The van der Waals surface area contributed by atoms with Crippen LogP contribution < -0.4 is 5.48 Å². The first kappa shape index (κ1) is 11.2. The molecule has 1 amide bonds. The van der Waals surface area contributed by atoms with Gasteiger partial charge in [0.25, 0.3) is 0 Å². The molecule has 0 aliphatic heterocycles. The molecule has 0 aliphatic rings. The fraction of sp³-hybridized carbons (Fsp3) is 0.667. The summed E-state index contributed by atoms with van der Waals surface area (Å²) in [7, 11) is 0. The van der Waals surface area contributed by atoms with Crippen molar-refractivity contribution in [1.29, 1.82) is 0 Å². The smallest absolute Gasteiger partial charge is 0.243 e. The van der Waals surface area contributed by atoms with Crippen LogP contribution >= 0.6 is 0 Å². The van der Waals surface area contributed by atoms with Gasteiger partial charge in [0, 0.05) is 6.42 Å². The van der Waals surface area contributed by atoms with E-state index in [2.05, 4.69) is 6.58 Å². The number of amides is 1. The lowest BCUT2D eigenvalue weighted by Crippen LogP contribution is -2.17. The molecule has 0 unspecified atom stereocenters. The van der Waals surface area contributed by atoms with E-state index < -0.39 is 0 Å². The zero-order chi connectivity index (χ0) is 9.23. The van der Waals surface area contributed by atoms with Crippen molar-refractivity contribution < 1.29 is 10.0 Å². The van der Waals surface area contributed by atoms with Gasteiger partial charge in [-0.05, 0) is 19.3 Å². The van der Waals surface area contributed by atoms with E-state index >= 15 is 0 Å². The summed E-state index contributed by atoms with van der Waals surface area (Å²) in [5, 5.41) is 8.16. The van der Waals surface area contributed by atoms with Crippen LogP contribution in [0.2, 0.25) is 0 Å². The van der Waals surface area contributed by atoms with Crippen molar-refractivity contribution in [3.8, 4) is 0 Å². The Morgan fingerprint density at radius 2 is 2.00 bits per heavy atom. The minimum atomic E-state index is -0.293. The number of allylic oxidation sites excluding steroid dienone is 1. The van der Waals surface area contributed by atoms with Gasteiger partial charge in [0.2, 0.25) is 5.91 Å². The molecule has 0 aromatic carbocycles. The fourth-order valence-electron chi connectivity index (χ4n) is 0.984. The highest BCUT2D eigenvalue weighted by Crippen LogP contribution is 2.05. The van der Waals surface area contributed by atoms with Crippen LogP contribution in [0.3, 0.4) is 0 Å². The minimum absolute atomic E-state index is 0.293. The Morgan fingerprint density at radius 1 is 1.33 bits per heavy atom. The average Bonchev–Trinajstić information content (AvgIpc) is 2.10. The quantitative estimate of drug-likeness (QED) is 0.266. The molecule has 0 aromatic heterocycles. The number of unbranched alkanes of at least 4 members (excludes halogenated alkanes) is 4. The monoisotopic (exact) mass is 171 g/mol. The maximum absolute atomic E-state index is 10.5. The lowest BCUT2D eigenvalue weighted by molar-refractivity contribution is -0.129. The van der Waals surface area contributed by atoms with Gasteiger partial charge in [-0.3, -0.25) is 10.0 Å². The van der Waals surface area contributed by atoms with Gasteiger partial charge in [0.1, 0.15) is 0 Å². The van der Waals surface area contributed by atoms with Crippen molar-refractivity contribution in [1.82, 2.24) is 5.48 Å². The number of carbonyl (C=O) groups is 1. The van der Waals surface area contributed by atoms with Crippen LogP contribution in [0.1, 0.15) is 38.5 Å². The third kappa shape index (κ3) is 7.28. The Labute approximate surface area is 73.4 Å². The molecule has 3 nitrogen and oxygen atoms in total. The van der Waals surface area contributed by atoms with Gasteiger partial charge in [-0.15, -0.1) is 6.58 Å². The van der Waals surface area contributed by atoms with Gasteiger partial charge in [0.05, 0.1) is 0 Å². The van der Waals surface area contributed by atoms with Crippen LogP contribution in [0, 0.1) is 0 Å². The summed E-state index contributed by atoms with van der Waals surface area (Å²) in [5.74, 6) is -0.293. The Balaban J connectivity index is 3.00. The zero-order valence-electron chi connectivity index (χ0n) is 7.38. The van der Waals surface area contributed by atoms with Crippen molar-refractivity contribution in [3.63, 3.8) is 0 Å². The van der Waals surface area contributed by atoms with Gasteiger partial charge in [0.15, 0.2) is 0 Å². The molecule has 0 saturated heterocycles. The molecule has 0 saturated carbocycles. The average molecular weight is 171 g/mol. The summed E-state index contributed by atoms with van der Waals surface area (Å²) in [5.41, 5.74) is 1.61. The van der Waals surface area contributed by atoms with E-state index in [1.807, 2.05) is 6.08 Å². The maximum Gasteiger partial charge on any atom is 0.243 e. The molecule has 0 bridgehead atoms. The Kier molecular flexibility index (Phi) is 7.70. The number of nitrogens with one attached hydrogen (secondary N) is 1. The van der Waals surface area contributed by atoms with Gasteiger partial charge in [-0.2, -0.15) is 0 Å². The second kappa shape index (κ2) is 8.27. The number of carbonyl (C=O) groups excluding carboxylic acids is 1. The van der Waals surface area contributed by atoms with Gasteiger partial charge in [-0.1, -0.05) is 18.9 Å². The molecule has 0 spiro atoms. The van der Waals surface area contributed by atoms with E-state index in [0.29, 0.717) is 6.42 Å². The second-order valence-corrected chi connectivity index (χ2v) is 2.78. The molecular weight excluding hydrogens is 154 g/mol.